The van der Waals surface area contributed by atoms with Crippen molar-refractivity contribution >= 4 is 12.3 Å². The van der Waals surface area contributed by atoms with Gasteiger partial charge in [0.2, 0.25) is 5.79 Å². The van der Waals surface area contributed by atoms with Gasteiger partial charge in [-0.1, -0.05) is 0 Å². The van der Waals surface area contributed by atoms with Crippen molar-refractivity contribution in [2.24, 2.45) is 0 Å². The van der Waals surface area contributed by atoms with E-state index in [1.165, 1.54) is 6.92 Å². The molecular weight excluding hydrogens is 224 g/mol. The molecule has 16 heavy (non-hydrogen) atoms. The third-order valence-electron chi connectivity index (χ3n) is 1.61. The topological polar surface area (TPSA) is 112 Å². The highest BCUT2D eigenvalue weighted by Crippen LogP contribution is 2.14. The molecule has 0 saturated carbocycles. The van der Waals surface area contributed by atoms with Gasteiger partial charge in [-0.05, 0) is 0 Å². The van der Waals surface area contributed by atoms with Gasteiger partial charge in [0.25, 0.3) is 0 Å². The number of hydrogen-bond acceptors (Lipinski definition) is 8. The average Bonchev–Trinajstić information content (AvgIpc) is 2.73. The van der Waals surface area contributed by atoms with Gasteiger partial charge in [-0.3, -0.25) is 0 Å². The van der Waals surface area contributed by atoms with Gasteiger partial charge in [0.05, 0.1) is 6.61 Å². The second kappa shape index (κ2) is 4.99. The number of carbonyl (C=O) groups excluding carboxylic acids is 2. The summed E-state index contributed by atoms with van der Waals surface area (Å²) in [6.07, 6.45) is -1.94. The van der Waals surface area contributed by atoms with E-state index in [1.54, 1.807) is 0 Å². The Balaban J connectivity index is 0.000000160. The quantitative estimate of drug-likeness (QED) is 0.579. The first-order valence-electron chi connectivity index (χ1n) is 4.45. The zero-order valence-electron chi connectivity index (χ0n) is 8.54. The highest BCUT2D eigenvalue weighted by atomic mass is 16.8. The molecule has 2 fully saturated rings. The molecule has 0 aliphatic carbocycles. The van der Waals surface area contributed by atoms with Crippen molar-refractivity contribution in [1.29, 1.82) is 0 Å². The van der Waals surface area contributed by atoms with Crippen LogP contribution in [0.3, 0.4) is 0 Å². The number of hydrogen-bond donors (Lipinski definition) is 2. The van der Waals surface area contributed by atoms with Crippen LogP contribution in [0.15, 0.2) is 0 Å². The molecule has 0 bridgehead atoms. The smallest absolute Gasteiger partial charge is 0.430 e. The Hall–Kier alpha value is -1.54. The second-order valence-corrected chi connectivity index (χ2v) is 3.30. The van der Waals surface area contributed by atoms with Crippen molar-refractivity contribution in [3.05, 3.63) is 0 Å². The molecule has 0 amide bonds. The normalized spacial score (nSPS) is 31.8. The number of aliphatic hydroxyl groups is 2. The fraction of sp³-hybridized carbons (Fsp3) is 0.750. The third-order valence-corrected chi connectivity index (χ3v) is 1.61. The van der Waals surface area contributed by atoms with E-state index in [2.05, 4.69) is 18.9 Å². The summed E-state index contributed by atoms with van der Waals surface area (Å²) >= 11 is 0. The van der Waals surface area contributed by atoms with E-state index in [0.717, 1.165) is 0 Å². The fourth-order valence-corrected chi connectivity index (χ4v) is 0.886. The van der Waals surface area contributed by atoms with Crippen LogP contribution in [-0.4, -0.2) is 54.2 Å². The van der Waals surface area contributed by atoms with E-state index >= 15 is 0 Å². The molecule has 0 aromatic heterocycles. The summed E-state index contributed by atoms with van der Waals surface area (Å²) in [5.74, 6) is -1.41. The first-order valence-corrected chi connectivity index (χ1v) is 4.45. The minimum atomic E-state index is -1.41. The standard InChI is InChI=1S/2C4H6O4/c1-4(6)2-7-3(5)8-4;5-1-3-2-7-4(6)8-3/h6H,2H2,1H3;3,5H,1-2H2. The summed E-state index contributed by atoms with van der Waals surface area (Å²) in [6.45, 7) is 1.30. The minimum absolute atomic E-state index is 0.0775. The van der Waals surface area contributed by atoms with Crippen LogP contribution in [0.2, 0.25) is 0 Å². The van der Waals surface area contributed by atoms with Gasteiger partial charge in [0.15, 0.2) is 12.7 Å². The molecule has 2 unspecified atom stereocenters. The van der Waals surface area contributed by atoms with E-state index in [-0.39, 0.29) is 19.8 Å². The Labute approximate surface area is 90.7 Å². The summed E-state index contributed by atoms with van der Waals surface area (Å²) in [6, 6.07) is 0. The first-order chi connectivity index (χ1) is 7.43. The largest absolute Gasteiger partial charge is 0.511 e. The summed E-state index contributed by atoms with van der Waals surface area (Å²) in [5.41, 5.74) is 0. The summed E-state index contributed by atoms with van der Waals surface area (Å²) in [7, 11) is 0. The molecule has 0 aromatic rings. The van der Waals surface area contributed by atoms with Crippen molar-refractivity contribution < 1.29 is 38.7 Å². The molecule has 2 aliphatic heterocycles. The number of rotatable bonds is 1. The predicted octanol–water partition coefficient (Wildman–Crippen LogP) is -0.624. The Morgan fingerprint density at radius 2 is 2.06 bits per heavy atom. The lowest BCUT2D eigenvalue weighted by atomic mass is 10.4. The molecule has 2 rings (SSSR count). The van der Waals surface area contributed by atoms with Gasteiger partial charge < -0.3 is 29.2 Å². The van der Waals surface area contributed by atoms with E-state index in [4.69, 9.17) is 10.2 Å². The van der Waals surface area contributed by atoms with Crippen molar-refractivity contribution in [2.75, 3.05) is 19.8 Å². The van der Waals surface area contributed by atoms with Crippen molar-refractivity contribution in [2.45, 2.75) is 18.8 Å². The van der Waals surface area contributed by atoms with Crippen LogP contribution in [0, 0.1) is 0 Å². The van der Waals surface area contributed by atoms with Crippen LogP contribution < -0.4 is 0 Å². The zero-order valence-corrected chi connectivity index (χ0v) is 8.54. The summed E-state index contributed by atoms with van der Waals surface area (Å²) in [5, 5.41) is 17.1. The Bertz CT molecular complexity index is 273. The molecular formula is C8H12O8. The maximum absolute atomic E-state index is 10.1. The molecule has 2 atom stereocenters. The molecule has 2 aliphatic rings. The second-order valence-electron chi connectivity index (χ2n) is 3.30. The lowest BCUT2D eigenvalue weighted by molar-refractivity contribution is -0.116. The van der Waals surface area contributed by atoms with E-state index in [1.807, 2.05) is 0 Å². The number of aliphatic hydroxyl groups excluding tert-OH is 1. The summed E-state index contributed by atoms with van der Waals surface area (Å²) in [4.78, 5) is 20.1. The number of ether oxygens (including phenoxy) is 4. The van der Waals surface area contributed by atoms with Crippen molar-refractivity contribution in [3.8, 4) is 0 Å². The molecule has 2 N–H and O–H groups in total. The van der Waals surface area contributed by atoms with Gasteiger partial charge in [-0.2, -0.15) is 0 Å². The molecule has 8 heteroatoms. The lowest BCUT2D eigenvalue weighted by Crippen LogP contribution is -2.25. The van der Waals surface area contributed by atoms with Gasteiger partial charge >= 0.3 is 12.3 Å². The molecule has 2 saturated heterocycles. The number of carbonyl (C=O) groups is 2. The molecule has 0 aromatic carbocycles. The maximum Gasteiger partial charge on any atom is 0.511 e. The van der Waals surface area contributed by atoms with Crippen LogP contribution in [-0.2, 0) is 18.9 Å². The van der Waals surface area contributed by atoms with Crippen LogP contribution in [0.1, 0.15) is 6.92 Å². The minimum Gasteiger partial charge on any atom is -0.430 e. The fourth-order valence-electron chi connectivity index (χ4n) is 0.886. The highest BCUT2D eigenvalue weighted by Gasteiger charge is 2.34. The summed E-state index contributed by atoms with van der Waals surface area (Å²) < 4.78 is 17.2. The number of cyclic esters (lactones) is 4. The Morgan fingerprint density at radius 1 is 1.38 bits per heavy atom. The van der Waals surface area contributed by atoms with Gasteiger partial charge in [-0.25, -0.2) is 9.59 Å². The molecule has 8 nitrogen and oxygen atoms in total. The Morgan fingerprint density at radius 3 is 2.25 bits per heavy atom. The maximum atomic E-state index is 10.1. The van der Waals surface area contributed by atoms with Crippen LogP contribution >= 0.6 is 0 Å². The van der Waals surface area contributed by atoms with Crippen LogP contribution in [0.25, 0.3) is 0 Å². The first kappa shape index (κ1) is 12.5. The molecule has 0 radical (unpaired) electrons. The highest BCUT2D eigenvalue weighted by molar-refractivity contribution is 5.62. The third kappa shape index (κ3) is 3.91. The predicted molar refractivity (Wildman–Crippen MR) is 46.4 cm³/mol. The molecule has 92 valence electrons. The van der Waals surface area contributed by atoms with Gasteiger partial charge in [0, 0.05) is 6.92 Å². The average molecular weight is 236 g/mol. The van der Waals surface area contributed by atoms with Crippen molar-refractivity contribution in [1.82, 2.24) is 0 Å². The Kier molecular flexibility index (Phi) is 3.91. The molecule has 2 heterocycles. The monoisotopic (exact) mass is 236 g/mol. The van der Waals surface area contributed by atoms with E-state index in [9.17, 15) is 9.59 Å². The van der Waals surface area contributed by atoms with Crippen molar-refractivity contribution in [3.63, 3.8) is 0 Å². The van der Waals surface area contributed by atoms with E-state index < -0.39 is 24.2 Å². The SMILES string of the molecule is CC1(O)COC(=O)O1.O=C1OCC(CO)O1. The lowest BCUT2D eigenvalue weighted by Gasteiger charge is -2.08. The van der Waals surface area contributed by atoms with Crippen LogP contribution in [0.4, 0.5) is 9.59 Å². The van der Waals surface area contributed by atoms with Gasteiger partial charge in [-0.15, -0.1) is 0 Å². The van der Waals surface area contributed by atoms with Gasteiger partial charge in [0.1, 0.15) is 6.61 Å². The zero-order chi connectivity index (χ0) is 12.2. The van der Waals surface area contributed by atoms with E-state index in [0.29, 0.717) is 0 Å². The molecule has 0 spiro atoms. The van der Waals surface area contributed by atoms with Crippen LogP contribution in [0.5, 0.6) is 0 Å².